The summed E-state index contributed by atoms with van der Waals surface area (Å²) >= 11 is 0. The second kappa shape index (κ2) is 16.3. The van der Waals surface area contributed by atoms with Gasteiger partial charge in [0, 0.05) is 40.5 Å². The Bertz CT molecular complexity index is 3250. The largest absolute Gasteiger partial charge is 2.00 e. The first-order chi connectivity index (χ1) is 29.6. The third kappa shape index (κ3) is 6.80. The molecular weight excluding hydrogens is 942 g/mol. The molecule has 0 aliphatic rings. The van der Waals surface area contributed by atoms with E-state index in [0.717, 1.165) is 66.5 Å². The van der Waals surface area contributed by atoms with Crippen LogP contribution in [0.4, 0.5) is 0 Å². The first-order valence-electron chi connectivity index (χ1n) is 21.6. The second-order valence-electron chi connectivity index (χ2n) is 17.5. The zero-order valence-electron chi connectivity index (χ0n) is 36.4. The van der Waals surface area contributed by atoms with Crippen molar-refractivity contribution >= 4 is 49.3 Å². The average molecular weight is 991 g/mol. The molecule has 0 saturated carbocycles. The number of benzene rings is 5. The van der Waals surface area contributed by atoms with Crippen molar-refractivity contribution in [2.45, 2.75) is 79.1 Å². The number of rotatable bonds is 9. The summed E-state index contributed by atoms with van der Waals surface area (Å²) in [5, 5.41) is 5.14. The SMILES string of the molecule is CC(C)c1cccc(C(C)C)c1-c1ccc2c3ccc(Oc4[c-]c5c(cc4)c4ccccc4n5-c4ccccn4)[c-]c3c3ncc(-c4c(C(C)C)cccc4C(C)C)n3c2n1.[Pt+2]. The molecule has 0 spiro atoms. The molecule has 0 radical (unpaired) electrons. The van der Waals surface area contributed by atoms with Crippen LogP contribution in [0.3, 0.4) is 0 Å². The summed E-state index contributed by atoms with van der Waals surface area (Å²) < 4.78 is 11.1. The van der Waals surface area contributed by atoms with E-state index >= 15 is 0 Å². The van der Waals surface area contributed by atoms with Crippen molar-refractivity contribution in [1.82, 2.24) is 23.9 Å². The van der Waals surface area contributed by atoms with Gasteiger partial charge in [-0.1, -0.05) is 144 Å². The smallest absolute Gasteiger partial charge is 0.503 e. The molecule has 10 aromatic rings. The Morgan fingerprint density at radius 3 is 1.76 bits per heavy atom. The van der Waals surface area contributed by atoms with E-state index in [9.17, 15) is 0 Å². The maximum Gasteiger partial charge on any atom is 2.00 e. The van der Waals surface area contributed by atoms with E-state index in [-0.39, 0.29) is 21.1 Å². The topological polar surface area (TPSA) is 57.2 Å². The first kappa shape index (κ1) is 41.3. The van der Waals surface area contributed by atoms with E-state index in [2.05, 4.69) is 161 Å². The number of pyridine rings is 3. The van der Waals surface area contributed by atoms with Crippen LogP contribution in [0.15, 0.2) is 128 Å². The molecule has 0 atom stereocenters. The van der Waals surface area contributed by atoms with Crippen LogP contribution in [0.1, 0.15) is 101 Å². The van der Waals surface area contributed by atoms with Crippen molar-refractivity contribution in [3.63, 3.8) is 0 Å². The maximum absolute atomic E-state index is 6.69. The molecule has 6 nitrogen and oxygen atoms in total. The predicted molar refractivity (Wildman–Crippen MR) is 252 cm³/mol. The number of hydrogen-bond donors (Lipinski definition) is 0. The number of fused-ring (bicyclic) bond motifs is 9. The Kier molecular flexibility index (Phi) is 10.9. The third-order valence-electron chi connectivity index (χ3n) is 12.2. The van der Waals surface area contributed by atoms with E-state index < -0.39 is 0 Å². The molecule has 0 N–H and O–H groups in total. The molecule has 0 unspecified atom stereocenters. The molecule has 0 fully saturated rings. The molecule has 0 aliphatic carbocycles. The Balaban J connectivity index is 0.00000490. The van der Waals surface area contributed by atoms with Crippen LogP contribution in [-0.2, 0) is 21.1 Å². The van der Waals surface area contributed by atoms with Gasteiger partial charge in [-0.2, -0.15) is 6.07 Å². The van der Waals surface area contributed by atoms with Crippen molar-refractivity contribution in [2.75, 3.05) is 0 Å². The normalized spacial score (nSPS) is 12.0. The molecule has 5 heterocycles. The van der Waals surface area contributed by atoms with Crippen molar-refractivity contribution < 1.29 is 25.8 Å². The van der Waals surface area contributed by atoms with Crippen LogP contribution in [0.2, 0.25) is 0 Å². The third-order valence-corrected chi connectivity index (χ3v) is 12.2. The molecule has 7 heteroatoms. The van der Waals surface area contributed by atoms with Crippen LogP contribution in [0.5, 0.6) is 11.5 Å². The summed E-state index contributed by atoms with van der Waals surface area (Å²) in [5.74, 6) is 3.28. The Morgan fingerprint density at radius 1 is 0.516 bits per heavy atom. The van der Waals surface area contributed by atoms with Gasteiger partial charge < -0.3 is 13.7 Å². The molecule has 5 aromatic heterocycles. The number of aromatic nitrogens is 5. The molecule has 0 saturated heterocycles. The molecule has 310 valence electrons. The van der Waals surface area contributed by atoms with E-state index in [1.54, 1.807) is 0 Å². The summed E-state index contributed by atoms with van der Waals surface area (Å²) in [5.41, 5.74) is 13.3. The van der Waals surface area contributed by atoms with E-state index in [1.165, 1.54) is 33.4 Å². The summed E-state index contributed by atoms with van der Waals surface area (Å²) in [6.45, 7) is 18.2. The number of nitrogens with zero attached hydrogens (tertiary/aromatic N) is 5. The molecule has 0 amide bonds. The minimum Gasteiger partial charge on any atom is -0.503 e. The molecule has 0 aliphatic heterocycles. The quantitative estimate of drug-likeness (QED) is 0.107. The number of hydrogen-bond acceptors (Lipinski definition) is 4. The van der Waals surface area contributed by atoms with Crippen LogP contribution < -0.4 is 4.74 Å². The van der Waals surface area contributed by atoms with Crippen molar-refractivity contribution in [3.8, 4) is 39.8 Å². The van der Waals surface area contributed by atoms with Gasteiger partial charge in [-0.25, -0.2) is 9.97 Å². The zero-order valence-corrected chi connectivity index (χ0v) is 38.7. The maximum atomic E-state index is 6.69. The number of imidazole rings is 1. The van der Waals surface area contributed by atoms with E-state index in [1.807, 2.05) is 42.7 Å². The zero-order chi connectivity index (χ0) is 42.1. The fourth-order valence-corrected chi connectivity index (χ4v) is 9.29. The predicted octanol–water partition coefficient (Wildman–Crippen LogP) is 14.7. The molecule has 62 heavy (non-hydrogen) atoms. The monoisotopic (exact) mass is 990 g/mol. The van der Waals surface area contributed by atoms with Crippen molar-refractivity contribution in [3.05, 3.63) is 162 Å². The summed E-state index contributed by atoms with van der Waals surface area (Å²) in [6.07, 6.45) is 3.86. The second-order valence-corrected chi connectivity index (χ2v) is 17.5. The van der Waals surface area contributed by atoms with Gasteiger partial charge >= 0.3 is 21.1 Å². The van der Waals surface area contributed by atoms with Gasteiger partial charge in [0.1, 0.15) is 11.5 Å². The van der Waals surface area contributed by atoms with Gasteiger partial charge in [-0.3, -0.25) is 4.98 Å². The van der Waals surface area contributed by atoms with Crippen LogP contribution in [0, 0.1) is 12.1 Å². The Labute approximate surface area is 377 Å². The van der Waals surface area contributed by atoms with Crippen LogP contribution in [0.25, 0.3) is 77.6 Å². The Morgan fingerprint density at radius 2 is 1.11 bits per heavy atom. The summed E-state index contributed by atoms with van der Waals surface area (Å²) in [4.78, 5) is 15.6. The minimum atomic E-state index is 0. The fourth-order valence-electron chi connectivity index (χ4n) is 9.29. The minimum absolute atomic E-state index is 0. The molecular formula is C55H49N5OPt. The van der Waals surface area contributed by atoms with Gasteiger partial charge in [-0.05, 0) is 81.0 Å². The Hall–Kier alpha value is -6.10. The van der Waals surface area contributed by atoms with Crippen molar-refractivity contribution in [1.29, 1.82) is 0 Å². The number of ether oxygens (including phenoxy) is 1. The standard InChI is InChI=1S/C55H49N5O.Pt/c1-32(2)38-16-13-17-39(33(3)4)52(38)47-27-26-45-42-24-22-36(61-37-23-25-44-43-15-9-10-20-48(43)59(49(44)30-37)51-21-11-12-28-56-51)29-46(42)54-57-31-50(60(54)55(45)58-47)53-40(34(5)6)18-14-19-41(53)35(7)8;/h9-28,31-35H,1-8H3;/q-2;+2. The van der Waals surface area contributed by atoms with E-state index in [0.29, 0.717) is 35.2 Å². The van der Waals surface area contributed by atoms with Crippen LogP contribution >= 0.6 is 0 Å². The molecule has 5 aromatic carbocycles. The van der Waals surface area contributed by atoms with Gasteiger partial charge in [0.05, 0.1) is 17.0 Å². The van der Waals surface area contributed by atoms with Crippen molar-refractivity contribution in [2.24, 2.45) is 0 Å². The van der Waals surface area contributed by atoms with Gasteiger partial charge in [0.2, 0.25) is 0 Å². The fraction of sp³-hybridized carbons (Fsp3) is 0.218. The van der Waals surface area contributed by atoms with Gasteiger partial charge in [0.25, 0.3) is 0 Å². The van der Waals surface area contributed by atoms with Crippen LogP contribution in [-0.4, -0.2) is 23.9 Å². The van der Waals surface area contributed by atoms with E-state index in [4.69, 9.17) is 19.7 Å². The van der Waals surface area contributed by atoms with Gasteiger partial charge in [-0.15, -0.1) is 29.7 Å². The van der Waals surface area contributed by atoms with Gasteiger partial charge in [0.15, 0.2) is 0 Å². The summed E-state index contributed by atoms with van der Waals surface area (Å²) in [7, 11) is 0. The first-order valence-corrected chi connectivity index (χ1v) is 21.6. The number of para-hydroxylation sites is 1. The molecule has 10 rings (SSSR count). The average Bonchev–Trinajstić information content (AvgIpc) is 3.86. The summed E-state index contributed by atoms with van der Waals surface area (Å²) in [6, 6.07) is 47.8. The molecule has 0 bridgehead atoms.